The second kappa shape index (κ2) is 5.70. The maximum absolute atomic E-state index is 14.1. The van der Waals surface area contributed by atoms with Gasteiger partial charge in [0.15, 0.2) is 11.6 Å². The van der Waals surface area contributed by atoms with Gasteiger partial charge in [-0.25, -0.2) is 13.6 Å². The van der Waals surface area contributed by atoms with Crippen LogP contribution in [0.5, 0.6) is 0 Å². The highest BCUT2D eigenvalue weighted by molar-refractivity contribution is 7.80. The van der Waals surface area contributed by atoms with Crippen LogP contribution in [0.1, 0.15) is 18.4 Å². The number of esters is 1. The lowest BCUT2D eigenvalue weighted by Crippen LogP contribution is -2.37. The maximum Gasteiger partial charge on any atom is 0.328 e. The molecule has 1 aromatic carbocycles. The molecule has 1 saturated heterocycles. The van der Waals surface area contributed by atoms with Crippen LogP contribution in [0.2, 0.25) is 0 Å². The summed E-state index contributed by atoms with van der Waals surface area (Å²) in [5, 5.41) is 0. The largest absolute Gasteiger partial charge is 0.467 e. The molecule has 1 atom stereocenters. The van der Waals surface area contributed by atoms with E-state index >= 15 is 0 Å². The summed E-state index contributed by atoms with van der Waals surface area (Å²) in [5.74, 6) is -2.60. The zero-order valence-electron chi connectivity index (χ0n) is 10.9. The minimum absolute atomic E-state index is 0.0235. The van der Waals surface area contributed by atoms with E-state index in [1.807, 2.05) is 0 Å². The van der Waals surface area contributed by atoms with E-state index in [1.54, 1.807) is 0 Å². The van der Waals surface area contributed by atoms with E-state index in [-0.39, 0.29) is 16.2 Å². The van der Waals surface area contributed by atoms with Gasteiger partial charge >= 0.3 is 5.97 Å². The molecule has 1 fully saturated rings. The second-order valence-electron chi connectivity index (χ2n) is 4.50. The Kier molecular flexibility index (Phi) is 4.17. The number of ether oxygens (including phenoxy) is 1. The van der Waals surface area contributed by atoms with Crippen molar-refractivity contribution in [3.8, 4) is 0 Å². The van der Waals surface area contributed by atoms with Gasteiger partial charge in [0.2, 0.25) is 0 Å². The fourth-order valence-corrected chi connectivity index (χ4v) is 2.55. The third kappa shape index (κ3) is 2.45. The van der Waals surface area contributed by atoms with Gasteiger partial charge in [-0.15, -0.1) is 0 Å². The van der Waals surface area contributed by atoms with Gasteiger partial charge in [0.05, 0.1) is 12.8 Å². The van der Waals surface area contributed by atoms with E-state index in [0.29, 0.717) is 19.4 Å². The van der Waals surface area contributed by atoms with Crippen molar-refractivity contribution in [2.45, 2.75) is 18.9 Å². The van der Waals surface area contributed by atoms with Gasteiger partial charge in [-0.3, -0.25) is 0 Å². The number of carbonyl (C=O) groups is 1. The van der Waals surface area contributed by atoms with Crippen LogP contribution < -0.4 is 10.6 Å². The standard InChI is InChI=1S/C13H14F2N2O2S/c1-19-13(18)9-3-2-6-17(9)8-5-4-7(12(16)20)10(14)11(8)15/h4-5,9H,2-3,6H2,1H3,(H2,16,20). The van der Waals surface area contributed by atoms with Crippen LogP contribution in [0.3, 0.4) is 0 Å². The number of rotatable bonds is 3. The molecular weight excluding hydrogens is 286 g/mol. The second-order valence-corrected chi connectivity index (χ2v) is 4.94. The van der Waals surface area contributed by atoms with Gasteiger partial charge < -0.3 is 15.4 Å². The van der Waals surface area contributed by atoms with Crippen molar-refractivity contribution >= 4 is 28.9 Å². The van der Waals surface area contributed by atoms with Crippen LogP contribution in [-0.2, 0) is 9.53 Å². The van der Waals surface area contributed by atoms with E-state index in [9.17, 15) is 13.6 Å². The molecule has 0 radical (unpaired) electrons. The fourth-order valence-electron chi connectivity index (χ4n) is 2.39. The van der Waals surface area contributed by atoms with Crippen molar-refractivity contribution in [2.75, 3.05) is 18.6 Å². The van der Waals surface area contributed by atoms with Crippen LogP contribution in [0.4, 0.5) is 14.5 Å². The number of nitrogens with zero attached hydrogens (tertiary/aromatic N) is 1. The molecule has 1 aliphatic heterocycles. The molecule has 0 amide bonds. The molecular formula is C13H14F2N2O2S. The van der Waals surface area contributed by atoms with Crippen molar-refractivity contribution in [3.05, 3.63) is 29.3 Å². The first-order valence-corrected chi connectivity index (χ1v) is 6.50. The molecule has 4 nitrogen and oxygen atoms in total. The first-order chi connectivity index (χ1) is 9.47. The Morgan fingerprint density at radius 2 is 2.15 bits per heavy atom. The van der Waals surface area contributed by atoms with Crippen LogP contribution in [-0.4, -0.2) is 30.7 Å². The predicted molar refractivity (Wildman–Crippen MR) is 74.6 cm³/mol. The lowest BCUT2D eigenvalue weighted by atomic mass is 10.1. The van der Waals surface area contributed by atoms with Gasteiger partial charge in [0.25, 0.3) is 0 Å². The average molecular weight is 300 g/mol. The molecule has 108 valence electrons. The van der Waals surface area contributed by atoms with E-state index < -0.39 is 23.6 Å². The maximum atomic E-state index is 14.1. The van der Waals surface area contributed by atoms with Crippen molar-refractivity contribution in [1.82, 2.24) is 0 Å². The number of hydrogen-bond donors (Lipinski definition) is 1. The summed E-state index contributed by atoms with van der Waals surface area (Å²) in [5.41, 5.74) is 5.20. The van der Waals surface area contributed by atoms with Crippen molar-refractivity contribution in [3.63, 3.8) is 0 Å². The number of methoxy groups -OCH3 is 1. The number of carbonyl (C=O) groups excluding carboxylic acids is 1. The molecule has 0 spiro atoms. The number of nitrogens with two attached hydrogens (primary N) is 1. The molecule has 20 heavy (non-hydrogen) atoms. The summed E-state index contributed by atoms with van der Waals surface area (Å²) < 4.78 is 32.7. The van der Waals surface area contributed by atoms with Gasteiger partial charge in [-0.05, 0) is 25.0 Å². The summed E-state index contributed by atoms with van der Waals surface area (Å²) in [6, 6.07) is 2.11. The molecule has 2 N–H and O–H groups in total. The van der Waals surface area contributed by atoms with Crippen LogP contribution in [0.25, 0.3) is 0 Å². The number of hydrogen-bond acceptors (Lipinski definition) is 4. The van der Waals surface area contributed by atoms with Crippen molar-refractivity contribution in [2.24, 2.45) is 5.73 Å². The molecule has 7 heteroatoms. The van der Waals surface area contributed by atoms with Crippen molar-refractivity contribution < 1.29 is 18.3 Å². The van der Waals surface area contributed by atoms with Crippen LogP contribution >= 0.6 is 12.2 Å². The lowest BCUT2D eigenvalue weighted by Gasteiger charge is -2.25. The van der Waals surface area contributed by atoms with Gasteiger partial charge in [0.1, 0.15) is 11.0 Å². The summed E-state index contributed by atoms with van der Waals surface area (Å²) in [7, 11) is 1.27. The summed E-state index contributed by atoms with van der Waals surface area (Å²) in [6.45, 7) is 0.461. The van der Waals surface area contributed by atoms with E-state index in [2.05, 4.69) is 17.0 Å². The number of thiocarbonyl (C=S) groups is 1. The molecule has 1 unspecified atom stereocenters. The lowest BCUT2D eigenvalue weighted by molar-refractivity contribution is -0.141. The summed E-state index contributed by atoms with van der Waals surface area (Å²) in [4.78, 5) is 12.9. The molecule has 1 heterocycles. The quantitative estimate of drug-likeness (QED) is 0.681. The Morgan fingerprint density at radius 3 is 2.75 bits per heavy atom. The molecule has 0 aliphatic carbocycles. The van der Waals surface area contributed by atoms with Crippen LogP contribution in [0.15, 0.2) is 12.1 Å². The summed E-state index contributed by atoms with van der Waals surface area (Å²) >= 11 is 4.65. The molecule has 1 aromatic rings. The third-order valence-electron chi connectivity index (χ3n) is 3.36. The van der Waals surface area contributed by atoms with E-state index in [4.69, 9.17) is 5.73 Å². The van der Waals surface area contributed by atoms with Gasteiger partial charge in [-0.1, -0.05) is 12.2 Å². The Bertz CT molecular complexity index is 566. The third-order valence-corrected chi connectivity index (χ3v) is 3.58. The zero-order chi connectivity index (χ0) is 14.9. The smallest absolute Gasteiger partial charge is 0.328 e. The molecule has 2 rings (SSSR count). The Hall–Kier alpha value is -1.76. The Morgan fingerprint density at radius 1 is 1.45 bits per heavy atom. The monoisotopic (exact) mass is 300 g/mol. The highest BCUT2D eigenvalue weighted by atomic mass is 32.1. The molecule has 0 bridgehead atoms. The number of anilines is 1. The van der Waals surface area contributed by atoms with Crippen LogP contribution in [0, 0.1) is 11.6 Å². The Balaban J connectivity index is 2.40. The molecule has 0 aromatic heterocycles. The van der Waals surface area contributed by atoms with Crippen molar-refractivity contribution in [1.29, 1.82) is 0 Å². The number of halogens is 2. The minimum atomic E-state index is -1.09. The van der Waals surface area contributed by atoms with E-state index in [1.165, 1.54) is 24.1 Å². The Labute approximate surface area is 120 Å². The normalized spacial score (nSPS) is 18.1. The first kappa shape index (κ1) is 14.6. The topological polar surface area (TPSA) is 55.6 Å². The zero-order valence-corrected chi connectivity index (χ0v) is 11.7. The SMILES string of the molecule is COC(=O)C1CCCN1c1ccc(C(N)=S)c(F)c1F. The molecule has 1 aliphatic rings. The highest BCUT2D eigenvalue weighted by Gasteiger charge is 2.34. The molecule has 0 saturated carbocycles. The van der Waals surface area contributed by atoms with E-state index in [0.717, 1.165) is 0 Å². The fraction of sp³-hybridized carbons (Fsp3) is 0.385. The average Bonchev–Trinajstić information content (AvgIpc) is 2.89. The predicted octanol–water partition coefficient (Wildman–Crippen LogP) is 1.74. The van der Waals surface area contributed by atoms with Gasteiger partial charge in [0, 0.05) is 12.1 Å². The summed E-state index contributed by atoms with van der Waals surface area (Å²) in [6.07, 6.45) is 1.25. The first-order valence-electron chi connectivity index (χ1n) is 6.09. The highest BCUT2D eigenvalue weighted by Crippen LogP contribution is 2.30. The number of benzene rings is 1. The van der Waals surface area contributed by atoms with Gasteiger partial charge in [-0.2, -0.15) is 0 Å². The minimum Gasteiger partial charge on any atom is -0.467 e.